The summed E-state index contributed by atoms with van der Waals surface area (Å²) in [6.45, 7) is 0.492. The summed E-state index contributed by atoms with van der Waals surface area (Å²) in [4.78, 5) is 4.25. The molecule has 18 heavy (non-hydrogen) atoms. The monoisotopic (exact) mass is 324 g/mol. The molecule has 1 aromatic carbocycles. The Morgan fingerprint density at radius 1 is 1.28 bits per heavy atom. The lowest BCUT2D eigenvalue weighted by molar-refractivity contribution is 0.513. The van der Waals surface area contributed by atoms with Crippen LogP contribution in [0.1, 0.15) is 11.3 Å². The highest BCUT2D eigenvalue weighted by atomic mass is 79.9. The van der Waals surface area contributed by atoms with Gasteiger partial charge in [0.15, 0.2) is 5.17 Å². The van der Waals surface area contributed by atoms with E-state index in [0.29, 0.717) is 11.7 Å². The maximum atomic E-state index is 5.83. The summed E-state index contributed by atoms with van der Waals surface area (Å²) in [6.07, 6.45) is 1.63. The summed E-state index contributed by atoms with van der Waals surface area (Å²) < 4.78 is 6.26. The Hall–Kier alpha value is -1.20. The molecular formula is C13H13BrN2OS. The Labute approximate surface area is 119 Å². The summed E-state index contributed by atoms with van der Waals surface area (Å²) in [5.41, 5.74) is 7.05. The highest BCUT2D eigenvalue weighted by Crippen LogP contribution is 2.16. The van der Waals surface area contributed by atoms with Crippen molar-refractivity contribution in [1.29, 1.82) is 0 Å². The molecule has 0 spiro atoms. The average Bonchev–Trinajstić information content (AvgIpc) is 2.89. The first-order valence-electron chi connectivity index (χ1n) is 5.43. The van der Waals surface area contributed by atoms with E-state index in [1.165, 1.54) is 17.3 Å². The molecule has 0 aliphatic carbocycles. The van der Waals surface area contributed by atoms with Crippen LogP contribution in [0.25, 0.3) is 0 Å². The van der Waals surface area contributed by atoms with Crippen LogP contribution in [0.15, 0.2) is 56.5 Å². The zero-order chi connectivity index (χ0) is 12.8. The van der Waals surface area contributed by atoms with Crippen LogP contribution < -0.4 is 5.73 Å². The van der Waals surface area contributed by atoms with Gasteiger partial charge in [-0.15, -0.1) is 0 Å². The number of aliphatic imine (C=N–C) groups is 1. The van der Waals surface area contributed by atoms with Gasteiger partial charge in [-0.1, -0.05) is 39.8 Å². The minimum atomic E-state index is 0.492. The first kappa shape index (κ1) is 13.2. The molecule has 2 N–H and O–H groups in total. The maximum absolute atomic E-state index is 5.83. The van der Waals surface area contributed by atoms with E-state index in [-0.39, 0.29) is 0 Å². The van der Waals surface area contributed by atoms with Crippen molar-refractivity contribution in [2.75, 3.05) is 0 Å². The average molecular weight is 325 g/mol. The second-order valence-electron chi connectivity index (χ2n) is 3.65. The Bertz CT molecular complexity index is 508. The van der Waals surface area contributed by atoms with Gasteiger partial charge >= 0.3 is 0 Å². The lowest BCUT2D eigenvalue weighted by atomic mass is 10.2. The lowest BCUT2D eigenvalue weighted by Gasteiger charge is -2.01. The zero-order valence-electron chi connectivity index (χ0n) is 9.67. The summed E-state index contributed by atoms with van der Waals surface area (Å²) in [6, 6.07) is 11.9. The fraction of sp³-hybridized carbons (Fsp3) is 0.154. The molecule has 1 heterocycles. The number of nitrogens with zero attached hydrogens (tertiary/aromatic N) is 1. The SMILES string of the molecule is NC(=NCc1ccco1)SCc1ccc(Br)cc1. The molecule has 2 rings (SSSR count). The Balaban J connectivity index is 1.82. The normalized spacial score (nSPS) is 11.7. The second kappa shape index (κ2) is 6.66. The molecule has 0 radical (unpaired) electrons. The summed E-state index contributed by atoms with van der Waals surface area (Å²) in [7, 11) is 0. The van der Waals surface area contributed by atoms with E-state index in [0.717, 1.165) is 16.0 Å². The van der Waals surface area contributed by atoms with Gasteiger partial charge in [-0.25, -0.2) is 0 Å². The van der Waals surface area contributed by atoms with Gasteiger partial charge in [-0.2, -0.15) is 0 Å². The van der Waals surface area contributed by atoms with E-state index < -0.39 is 0 Å². The van der Waals surface area contributed by atoms with Gasteiger partial charge in [0, 0.05) is 10.2 Å². The molecule has 0 amide bonds. The first-order valence-corrected chi connectivity index (χ1v) is 7.21. The van der Waals surface area contributed by atoms with Crippen molar-refractivity contribution < 1.29 is 4.42 Å². The number of nitrogens with two attached hydrogens (primary N) is 1. The number of amidine groups is 1. The molecule has 0 saturated carbocycles. The Morgan fingerprint density at radius 2 is 2.06 bits per heavy atom. The number of rotatable bonds is 4. The number of hydrogen-bond acceptors (Lipinski definition) is 3. The van der Waals surface area contributed by atoms with Gasteiger partial charge < -0.3 is 10.2 Å². The van der Waals surface area contributed by atoms with Crippen LogP contribution in [0.4, 0.5) is 0 Å². The first-order chi connectivity index (χ1) is 8.74. The Kier molecular flexibility index (Phi) is 4.90. The molecule has 94 valence electrons. The van der Waals surface area contributed by atoms with E-state index in [4.69, 9.17) is 10.2 Å². The molecule has 2 aromatic rings. The molecule has 5 heteroatoms. The third-order valence-electron chi connectivity index (χ3n) is 2.27. The van der Waals surface area contributed by atoms with E-state index >= 15 is 0 Å². The predicted octanol–water partition coefficient (Wildman–Crippen LogP) is 3.79. The van der Waals surface area contributed by atoms with Crippen LogP contribution in [-0.2, 0) is 12.3 Å². The number of halogens is 1. The minimum Gasteiger partial charge on any atom is -0.467 e. The molecule has 0 saturated heterocycles. The van der Waals surface area contributed by atoms with Crippen molar-refractivity contribution in [2.24, 2.45) is 10.7 Å². The summed E-state index contributed by atoms with van der Waals surface area (Å²) in [5, 5.41) is 0.578. The smallest absolute Gasteiger partial charge is 0.154 e. The van der Waals surface area contributed by atoms with Crippen molar-refractivity contribution in [3.63, 3.8) is 0 Å². The van der Waals surface area contributed by atoms with Crippen molar-refractivity contribution in [3.05, 3.63) is 58.5 Å². The van der Waals surface area contributed by atoms with Crippen molar-refractivity contribution in [3.8, 4) is 0 Å². The number of thioether (sulfide) groups is 1. The quantitative estimate of drug-likeness (QED) is 0.687. The molecular weight excluding hydrogens is 312 g/mol. The van der Waals surface area contributed by atoms with Gasteiger partial charge in [0.05, 0.1) is 12.8 Å². The van der Waals surface area contributed by atoms with Crippen LogP contribution in [-0.4, -0.2) is 5.17 Å². The predicted molar refractivity (Wildman–Crippen MR) is 79.5 cm³/mol. The molecule has 0 aliphatic heterocycles. The topological polar surface area (TPSA) is 51.5 Å². The van der Waals surface area contributed by atoms with Crippen LogP contribution in [0.2, 0.25) is 0 Å². The molecule has 0 unspecified atom stereocenters. The van der Waals surface area contributed by atoms with Gasteiger partial charge in [-0.3, -0.25) is 4.99 Å². The minimum absolute atomic E-state index is 0.492. The maximum Gasteiger partial charge on any atom is 0.154 e. The van der Waals surface area contributed by atoms with Crippen molar-refractivity contribution in [1.82, 2.24) is 0 Å². The largest absolute Gasteiger partial charge is 0.467 e. The summed E-state index contributed by atoms with van der Waals surface area (Å²) >= 11 is 4.93. The van der Waals surface area contributed by atoms with Gasteiger partial charge in [0.2, 0.25) is 0 Å². The fourth-order valence-corrected chi connectivity index (χ4v) is 2.27. The molecule has 1 aromatic heterocycles. The van der Waals surface area contributed by atoms with Gasteiger partial charge in [0.25, 0.3) is 0 Å². The fourth-order valence-electron chi connectivity index (χ4n) is 1.34. The highest BCUT2D eigenvalue weighted by molar-refractivity contribution is 9.10. The second-order valence-corrected chi connectivity index (χ2v) is 5.56. The molecule has 3 nitrogen and oxygen atoms in total. The molecule has 0 atom stereocenters. The van der Waals surface area contributed by atoms with Gasteiger partial charge in [0.1, 0.15) is 5.76 Å². The van der Waals surface area contributed by atoms with E-state index in [1.54, 1.807) is 6.26 Å². The van der Waals surface area contributed by atoms with Crippen LogP contribution in [0.3, 0.4) is 0 Å². The zero-order valence-corrected chi connectivity index (χ0v) is 12.1. The number of hydrogen-bond donors (Lipinski definition) is 1. The van der Waals surface area contributed by atoms with E-state index in [2.05, 4.69) is 33.1 Å². The van der Waals surface area contributed by atoms with Crippen molar-refractivity contribution >= 4 is 32.9 Å². The van der Waals surface area contributed by atoms with Gasteiger partial charge in [-0.05, 0) is 29.8 Å². The third kappa shape index (κ3) is 4.23. The summed E-state index contributed by atoms with van der Waals surface area (Å²) in [5.74, 6) is 1.64. The van der Waals surface area contributed by atoms with Crippen LogP contribution in [0.5, 0.6) is 0 Å². The molecule has 0 fully saturated rings. The van der Waals surface area contributed by atoms with E-state index in [9.17, 15) is 0 Å². The number of benzene rings is 1. The van der Waals surface area contributed by atoms with Crippen LogP contribution in [0, 0.1) is 0 Å². The molecule has 0 bridgehead atoms. The number of furan rings is 1. The Morgan fingerprint density at radius 3 is 2.72 bits per heavy atom. The van der Waals surface area contributed by atoms with Crippen LogP contribution >= 0.6 is 27.7 Å². The standard InChI is InChI=1S/C13H13BrN2OS/c14-11-5-3-10(4-6-11)9-18-13(15)16-8-12-2-1-7-17-12/h1-7H,8-9H2,(H2,15,16). The van der Waals surface area contributed by atoms with E-state index in [1.807, 2.05) is 24.3 Å². The van der Waals surface area contributed by atoms with Crippen molar-refractivity contribution in [2.45, 2.75) is 12.3 Å². The lowest BCUT2D eigenvalue weighted by Crippen LogP contribution is -2.07. The highest BCUT2D eigenvalue weighted by Gasteiger charge is 1.98. The molecule has 0 aliphatic rings. The third-order valence-corrected chi connectivity index (χ3v) is 3.70.